The Morgan fingerprint density at radius 1 is 1.13 bits per heavy atom. The molecule has 0 fully saturated rings. The van der Waals surface area contributed by atoms with Crippen molar-refractivity contribution in [1.29, 1.82) is 0 Å². The molecule has 0 aromatic heterocycles. The largest absolute Gasteiger partial charge is 0.416 e. The van der Waals surface area contributed by atoms with Crippen LogP contribution >= 0.6 is 0 Å². The average molecular weight is 343 g/mol. The van der Waals surface area contributed by atoms with Gasteiger partial charge < -0.3 is 14.6 Å². The van der Waals surface area contributed by atoms with Crippen LogP contribution in [0, 0.1) is 11.7 Å². The monoisotopic (exact) mass is 342 g/mol. The molecule has 1 aromatic rings. The van der Waals surface area contributed by atoms with E-state index in [0.29, 0.717) is 13.0 Å². The maximum absolute atomic E-state index is 13.1. The van der Waals surface area contributed by atoms with Gasteiger partial charge in [-0.05, 0) is 48.2 Å². The third kappa shape index (κ3) is 5.67. The van der Waals surface area contributed by atoms with Gasteiger partial charge in [0.1, 0.15) is 5.82 Å². The lowest BCUT2D eigenvalue weighted by Gasteiger charge is -2.38. The van der Waals surface area contributed by atoms with Gasteiger partial charge in [-0.3, -0.25) is 0 Å². The Morgan fingerprint density at radius 2 is 1.70 bits per heavy atom. The zero-order valence-electron chi connectivity index (χ0n) is 15.0. The first-order chi connectivity index (χ1) is 10.6. The third-order valence-corrected chi connectivity index (χ3v) is 9.51. The van der Waals surface area contributed by atoms with E-state index in [4.69, 9.17) is 4.43 Å². The molecule has 132 valence electrons. The summed E-state index contributed by atoms with van der Waals surface area (Å²) in [7, 11) is -1.90. The Balaban J connectivity index is 2.88. The number of aliphatic hydroxyl groups excluding tert-OH is 2. The van der Waals surface area contributed by atoms with E-state index in [-0.39, 0.29) is 35.9 Å². The molecule has 0 aliphatic rings. The van der Waals surface area contributed by atoms with Gasteiger partial charge in [-0.1, -0.05) is 32.9 Å². The highest BCUT2D eigenvalue weighted by Crippen LogP contribution is 2.38. The lowest BCUT2D eigenvalue weighted by molar-refractivity contribution is 0.123. The van der Waals surface area contributed by atoms with E-state index in [0.717, 1.165) is 5.56 Å². The Labute approximate surface area is 140 Å². The molecule has 0 unspecified atom stereocenters. The summed E-state index contributed by atoms with van der Waals surface area (Å²) in [6.45, 7) is 11.4. The van der Waals surface area contributed by atoms with Gasteiger partial charge >= 0.3 is 0 Å². The number of rotatable bonds is 8. The van der Waals surface area contributed by atoms with Crippen LogP contribution in [0.3, 0.4) is 0 Å². The molecule has 0 bridgehead atoms. The van der Waals surface area contributed by atoms with Crippen LogP contribution in [-0.2, 0) is 4.43 Å². The highest BCUT2D eigenvalue weighted by Gasteiger charge is 2.38. The van der Waals surface area contributed by atoms with Crippen molar-refractivity contribution in [2.75, 3.05) is 19.8 Å². The van der Waals surface area contributed by atoms with Gasteiger partial charge in [-0.25, -0.2) is 4.39 Å². The van der Waals surface area contributed by atoms with Crippen molar-refractivity contribution in [2.24, 2.45) is 5.92 Å². The second-order valence-electron chi connectivity index (χ2n) is 7.68. The maximum atomic E-state index is 13.1. The van der Waals surface area contributed by atoms with Gasteiger partial charge in [0.25, 0.3) is 0 Å². The molecular weight excluding hydrogens is 311 g/mol. The highest BCUT2D eigenvalue weighted by molar-refractivity contribution is 6.74. The lowest BCUT2D eigenvalue weighted by Crippen LogP contribution is -2.42. The molecule has 2 atom stereocenters. The van der Waals surface area contributed by atoms with Crippen molar-refractivity contribution < 1.29 is 19.0 Å². The standard InChI is InChI=1S/C18H31FO3Si/c1-18(2,3)23(4,5)22-13-15(12-21)17(10-11-20)14-6-8-16(19)9-7-14/h6-9,15,17,20-21H,10-13H2,1-5H3/t15-,17-/m0/s1. The molecule has 0 amide bonds. The molecule has 0 heterocycles. The number of hydrogen-bond donors (Lipinski definition) is 2. The smallest absolute Gasteiger partial charge is 0.191 e. The predicted octanol–water partition coefficient (Wildman–Crippen LogP) is 3.92. The zero-order valence-corrected chi connectivity index (χ0v) is 16.0. The molecule has 1 rings (SSSR count). The summed E-state index contributed by atoms with van der Waals surface area (Å²) in [6, 6.07) is 6.29. The summed E-state index contributed by atoms with van der Waals surface area (Å²) < 4.78 is 19.4. The molecule has 0 aliphatic heterocycles. The Kier molecular flexibility index (Phi) is 7.39. The van der Waals surface area contributed by atoms with Gasteiger partial charge in [0.2, 0.25) is 0 Å². The summed E-state index contributed by atoms with van der Waals surface area (Å²) in [4.78, 5) is 0. The van der Waals surface area contributed by atoms with Crippen LogP contribution in [-0.4, -0.2) is 38.4 Å². The quantitative estimate of drug-likeness (QED) is 0.704. The second-order valence-corrected chi connectivity index (χ2v) is 12.5. The number of benzene rings is 1. The topological polar surface area (TPSA) is 49.7 Å². The molecule has 23 heavy (non-hydrogen) atoms. The minimum Gasteiger partial charge on any atom is -0.416 e. The van der Waals surface area contributed by atoms with E-state index in [9.17, 15) is 14.6 Å². The first-order valence-corrected chi connectivity index (χ1v) is 11.1. The van der Waals surface area contributed by atoms with Gasteiger partial charge in [0.15, 0.2) is 8.32 Å². The molecule has 1 aromatic carbocycles. The fraction of sp³-hybridized carbons (Fsp3) is 0.667. The first kappa shape index (κ1) is 20.3. The number of hydrogen-bond acceptors (Lipinski definition) is 3. The molecule has 0 radical (unpaired) electrons. The van der Waals surface area contributed by atoms with Gasteiger partial charge in [0.05, 0.1) is 0 Å². The van der Waals surface area contributed by atoms with Crippen molar-refractivity contribution in [3.63, 3.8) is 0 Å². The van der Waals surface area contributed by atoms with Crippen molar-refractivity contribution >= 4 is 8.32 Å². The van der Waals surface area contributed by atoms with Crippen LogP contribution in [0.4, 0.5) is 4.39 Å². The van der Waals surface area contributed by atoms with Crippen LogP contribution in [0.15, 0.2) is 24.3 Å². The summed E-state index contributed by atoms with van der Waals surface area (Å²) in [6.07, 6.45) is 0.526. The Hall–Kier alpha value is -0.753. The first-order valence-electron chi connectivity index (χ1n) is 8.23. The SMILES string of the molecule is CC(C)(C)[Si](C)(C)OC[C@H](CO)[C@@H](CCO)c1ccc(F)cc1. The molecule has 0 aliphatic carbocycles. The Morgan fingerprint density at radius 3 is 2.13 bits per heavy atom. The molecular formula is C18H31FO3Si. The highest BCUT2D eigenvalue weighted by atomic mass is 28.4. The van der Waals surface area contributed by atoms with E-state index < -0.39 is 8.32 Å². The van der Waals surface area contributed by atoms with Crippen LogP contribution in [0.25, 0.3) is 0 Å². The fourth-order valence-corrected chi connectivity index (χ4v) is 3.42. The van der Waals surface area contributed by atoms with E-state index in [1.807, 2.05) is 0 Å². The van der Waals surface area contributed by atoms with Crippen LogP contribution in [0.5, 0.6) is 0 Å². The maximum Gasteiger partial charge on any atom is 0.191 e. The van der Waals surface area contributed by atoms with Crippen molar-refractivity contribution in [3.05, 3.63) is 35.6 Å². The second kappa shape index (κ2) is 8.38. The molecule has 3 nitrogen and oxygen atoms in total. The summed E-state index contributed by atoms with van der Waals surface area (Å²) in [5.41, 5.74) is 0.929. The number of halogens is 1. The van der Waals surface area contributed by atoms with Crippen LogP contribution < -0.4 is 0 Å². The van der Waals surface area contributed by atoms with Crippen molar-refractivity contribution in [3.8, 4) is 0 Å². The zero-order chi connectivity index (χ0) is 17.7. The molecule has 0 saturated carbocycles. The van der Waals surface area contributed by atoms with Crippen LogP contribution in [0.2, 0.25) is 18.1 Å². The lowest BCUT2D eigenvalue weighted by atomic mass is 9.84. The van der Waals surface area contributed by atoms with Gasteiger partial charge in [-0.15, -0.1) is 0 Å². The molecule has 0 saturated heterocycles. The summed E-state index contributed by atoms with van der Waals surface area (Å²) >= 11 is 0. The molecule has 0 spiro atoms. The van der Waals surface area contributed by atoms with Crippen LogP contribution in [0.1, 0.15) is 38.7 Å². The number of aliphatic hydroxyl groups is 2. The molecule has 5 heteroatoms. The molecule has 2 N–H and O–H groups in total. The van der Waals surface area contributed by atoms with Gasteiger partial charge in [0, 0.05) is 25.7 Å². The van der Waals surface area contributed by atoms with E-state index in [2.05, 4.69) is 33.9 Å². The van der Waals surface area contributed by atoms with E-state index >= 15 is 0 Å². The van der Waals surface area contributed by atoms with E-state index in [1.54, 1.807) is 12.1 Å². The third-order valence-electron chi connectivity index (χ3n) is 5.01. The van der Waals surface area contributed by atoms with E-state index in [1.165, 1.54) is 12.1 Å². The minimum absolute atomic E-state index is 0.0172. The minimum atomic E-state index is -1.90. The Bertz CT molecular complexity index is 468. The average Bonchev–Trinajstić information content (AvgIpc) is 2.46. The normalized spacial score (nSPS) is 15.5. The van der Waals surface area contributed by atoms with Crippen molar-refractivity contribution in [1.82, 2.24) is 0 Å². The fourth-order valence-electron chi connectivity index (χ4n) is 2.35. The summed E-state index contributed by atoms with van der Waals surface area (Å²) in [5, 5.41) is 19.3. The van der Waals surface area contributed by atoms with Gasteiger partial charge in [-0.2, -0.15) is 0 Å². The predicted molar refractivity (Wildman–Crippen MR) is 94.6 cm³/mol. The summed E-state index contributed by atoms with van der Waals surface area (Å²) in [5.74, 6) is -0.438. The van der Waals surface area contributed by atoms with Crippen molar-refractivity contribution in [2.45, 2.75) is 51.2 Å².